The second-order valence-corrected chi connectivity index (χ2v) is 16.2. The Bertz CT molecular complexity index is 1370. The Morgan fingerprint density at radius 3 is 1.32 bits per heavy atom. The molecule has 0 bridgehead atoms. The average molecular weight is 683 g/mol. The molecule has 0 spiro atoms. The van der Waals surface area contributed by atoms with E-state index in [0.717, 1.165) is 67.5 Å². The second kappa shape index (κ2) is 18.4. The molecule has 0 radical (unpaired) electrons. The van der Waals surface area contributed by atoms with Gasteiger partial charge in [0, 0.05) is 22.3 Å². The van der Waals surface area contributed by atoms with Gasteiger partial charge in [0.15, 0.2) is 0 Å². The minimum atomic E-state index is -0.254. The molecule has 0 saturated heterocycles. The van der Waals surface area contributed by atoms with Gasteiger partial charge in [-0.2, -0.15) is 0 Å². The molecule has 0 N–H and O–H groups in total. The van der Waals surface area contributed by atoms with Crippen molar-refractivity contribution in [1.82, 2.24) is 9.80 Å². The van der Waals surface area contributed by atoms with E-state index >= 15 is 0 Å². The summed E-state index contributed by atoms with van der Waals surface area (Å²) in [6.07, 6.45) is 22.3. The number of aryl methyl sites for hydroxylation is 2. The number of hydrogen-bond acceptors (Lipinski definition) is 6. The minimum absolute atomic E-state index is 0.108. The predicted octanol–water partition coefficient (Wildman–Crippen LogP) is 11.5. The summed E-state index contributed by atoms with van der Waals surface area (Å²) >= 11 is 2.84. The van der Waals surface area contributed by atoms with Gasteiger partial charge in [0.25, 0.3) is 23.6 Å². The topological polar surface area (TPSA) is 74.8 Å². The van der Waals surface area contributed by atoms with Crippen molar-refractivity contribution in [1.29, 1.82) is 0 Å². The lowest BCUT2D eigenvalue weighted by Crippen LogP contribution is -2.40. The molecule has 2 aromatic rings. The van der Waals surface area contributed by atoms with E-state index in [-0.39, 0.29) is 29.7 Å². The molecule has 4 rings (SSSR count). The number of amides is 4. The SMILES string of the molecule is CCCCCCCCC(CCCCCCCC)N1C(=O)c2c(C)sc(-c3sc(C)c4c3C(=O)N(CCCCCCCC)C4=O)c2C1=O. The molecule has 0 atom stereocenters. The predicted molar refractivity (Wildman–Crippen MR) is 196 cm³/mol. The normalized spacial score (nSPS) is 14.4. The van der Waals surface area contributed by atoms with Crippen LogP contribution in [0.3, 0.4) is 0 Å². The molecule has 8 heteroatoms. The molecule has 6 nitrogen and oxygen atoms in total. The Labute approximate surface area is 291 Å². The highest BCUT2D eigenvalue weighted by Crippen LogP contribution is 2.49. The molecule has 0 aromatic carbocycles. The van der Waals surface area contributed by atoms with E-state index in [9.17, 15) is 19.2 Å². The van der Waals surface area contributed by atoms with Crippen molar-refractivity contribution in [3.63, 3.8) is 0 Å². The van der Waals surface area contributed by atoms with Gasteiger partial charge in [-0.25, -0.2) is 0 Å². The van der Waals surface area contributed by atoms with Crippen molar-refractivity contribution >= 4 is 46.3 Å². The van der Waals surface area contributed by atoms with E-state index in [1.54, 1.807) is 4.90 Å². The van der Waals surface area contributed by atoms with Gasteiger partial charge in [0.2, 0.25) is 0 Å². The first kappa shape index (κ1) is 37.5. The van der Waals surface area contributed by atoms with Crippen LogP contribution >= 0.6 is 22.7 Å². The number of imide groups is 2. The van der Waals surface area contributed by atoms with Crippen LogP contribution in [0.25, 0.3) is 9.75 Å². The lowest BCUT2D eigenvalue weighted by Gasteiger charge is -2.27. The smallest absolute Gasteiger partial charge is 0.263 e. The molecule has 2 aliphatic heterocycles. The Hall–Kier alpha value is -2.32. The summed E-state index contributed by atoms with van der Waals surface area (Å²) in [6.45, 7) is 10.9. The number of unbranched alkanes of at least 4 members (excludes halogenated alkanes) is 15. The van der Waals surface area contributed by atoms with Gasteiger partial charge in [0.1, 0.15) is 0 Å². The van der Waals surface area contributed by atoms with Crippen LogP contribution in [0.2, 0.25) is 0 Å². The lowest BCUT2D eigenvalue weighted by atomic mass is 9.98. The highest BCUT2D eigenvalue weighted by molar-refractivity contribution is 7.23. The third kappa shape index (κ3) is 8.65. The first-order chi connectivity index (χ1) is 22.8. The maximum Gasteiger partial charge on any atom is 0.263 e. The molecule has 2 aliphatic rings. The van der Waals surface area contributed by atoms with Crippen molar-refractivity contribution in [2.24, 2.45) is 0 Å². The van der Waals surface area contributed by atoms with Gasteiger partial charge in [-0.05, 0) is 33.1 Å². The molecule has 260 valence electrons. The summed E-state index contributed by atoms with van der Waals surface area (Å²) in [5, 5.41) is 0. The largest absolute Gasteiger partial charge is 0.274 e. The van der Waals surface area contributed by atoms with Gasteiger partial charge < -0.3 is 0 Å². The van der Waals surface area contributed by atoms with Crippen LogP contribution in [0.15, 0.2) is 0 Å². The standard InChI is InChI=1S/C39H58N2O4S2/c1-6-9-12-15-18-21-24-29(25-22-19-16-13-10-7-2)41-38(44)31-28(5)47-35(33(31)39(41)45)34-32-30(27(4)46-34)36(42)40(37(32)43)26-23-20-17-14-11-8-3/h29H,6-26H2,1-5H3. The Kier molecular flexibility index (Phi) is 14.7. The summed E-state index contributed by atoms with van der Waals surface area (Å²) in [7, 11) is 0. The maximum absolute atomic E-state index is 14.3. The van der Waals surface area contributed by atoms with Crippen LogP contribution < -0.4 is 0 Å². The average Bonchev–Trinajstić information content (AvgIpc) is 3.73. The van der Waals surface area contributed by atoms with Crippen LogP contribution in [0, 0.1) is 13.8 Å². The van der Waals surface area contributed by atoms with Crippen LogP contribution in [0.1, 0.15) is 200 Å². The van der Waals surface area contributed by atoms with Gasteiger partial charge in [-0.3, -0.25) is 29.0 Å². The summed E-state index contributed by atoms with van der Waals surface area (Å²) in [4.78, 5) is 61.6. The Morgan fingerprint density at radius 2 is 0.830 bits per heavy atom. The van der Waals surface area contributed by atoms with Crippen LogP contribution in [0.4, 0.5) is 0 Å². The summed E-state index contributed by atoms with van der Waals surface area (Å²) in [6, 6.07) is -0.108. The number of fused-ring (bicyclic) bond motifs is 2. The van der Waals surface area contributed by atoms with E-state index in [1.165, 1.54) is 98.2 Å². The zero-order valence-corrected chi connectivity index (χ0v) is 31.4. The quantitative estimate of drug-likeness (QED) is 0.0863. The third-order valence-electron chi connectivity index (χ3n) is 10.0. The second-order valence-electron chi connectivity index (χ2n) is 13.8. The summed E-state index contributed by atoms with van der Waals surface area (Å²) in [5.74, 6) is -0.864. The molecule has 47 heavy (non-hydrogen) atoms. The van der Waals surface area contributed by atoms with Gasteiger partial charge in [0.05, 0.1) is 32.0 Å². The molecule has 4 heterocycles. The minimum Gasteiger partial charge on any atom is -0.274 e. The molecule has 2 aromatic heterocycles. The number of nitrogens with zero attached hydrogens (tertiary/aromatic N) is 2. The van der Waals surface area contributed by atoms with E-state index in [2.05, 4.69) is 20.8 Å². The number of thiophene rings is 2. The number of carbonyl (C=O) groups excluding carboxylic acids is 4. The highest BCUT2D eigenvalue weighted by Gasteiger charge is 2.47. The van der Waals surface area contributed by atoms with E-state index in [4.69, 9.17) is 0 Å². The Morgan fingerprint density at radius 1 is 0.468 bits per heavy atom. The number of rotatable bonds is 23. The highest BCUT2D eigenvalue weighted by atomic mass is 32.1. The maximum atomic E-state index is 14.3. The number of hydrogen-bond donors (Lipinski definition) is 0. The molecule has 0 aliphatic carbocycles. The van der Waals surface area contributed by atoms with E-state index in [0.29, 0.717) is 38.6 Å². The van der Waals surface area contributed by atoms with E-state index < -0.39 is 0 Å². The van der Waals surface area contributed by atoms with Crippen molar-refractivity contribution in [3.8, 4) is 9.75 Å². The molecular formula is C39H58N2O4S2. The van der Waals surface area contributed by atoms with Crippen LogP contribution in [-0.4, -0.2) is 46.0 Å². The van der Waals surface area contributed by atoms with Crippen LogP contribution in [-0.2, 0) is 0 Å². The summed E-state index contributed by atoms with van der Waals surface area (Å²) < 4.78 is 0. The van der Waals surface area contributed by atoms with Gasteiger partial charge in [-0.1, -0.05) is 130 Å². The Balaban J connectivity index is 1.54. The first-order valence-electron chi connectivity index (χ1n) is 18.8. The fraction of sp³-hybridized carbons (Fsp3) is 0.692. The zero-order valence-electron chi connectivity index (χ0n) is 29.8. The number of carbonyl (C=O) groups is 4. The fourth-order valence-corrected chi connectivity index (χ4v) is 9.75. The third-order valence-corrected chi connectivity index (χ3v) is 12.4. The first-order valence-corrected chi connectivity index (χ1v) is 20.4. The van der Waals surface area contributed by atoms with Crippen molar-refractivity contribution < 1.29 is 19.2 Å². The lowest BCUT2D eigenvalue weighted by molar-refractivity contribution is 0.0560. The molecule has 4 amide bonds. The van der Waals surface area contributed by atoms with Crippen LogP contribution in [0.5, 0.6) is 0 Å². The van der Waals surface area contributed by atoms with Crippen molar-refractivity contribution in [2.45, 2.75) is 169 Å². The van der Waals surface area contributed by atoms with Gasteiger partial charge in [-0.15, -0.1) is 22.7 Å². The van der Waals surface area contributed by atoms with E-state index in [1.807, 2.05) is 13.8 Å². The molecular weight excluding hydrogens is 625 g/mol. The molecule has 0 unspecified atom stereocenters. The van der Waals surface area contributed by atoms with Crippen molar-refractivity contribution in [3.05, 3.63) is 32.0 Å². The monoisotopic (exact) mass is 682 g/mol. The zero-order chi connectivity index (χ0) is 33.9. The molecule has 0 saturated carbocycles. The van der Waals surface area contributed by atoms with Crippen molar-refractivity contribution in [2.75, 3.05) is 6.54 Å². The summed E-state index contributed by atoms with van der Waals surface area (Å²) in [5.41, 5.74) is 1.87. The fourth-order valence-electron chi connectivity index (χ4n) is 7.34. The molecule has 0 fully saturated rings. The van der Waals surface area contributed by atoms with Gasteiger partial charge >= 0.3 is 0 Å².